The molecule has 3 aromatic carbocycles. The van der Waals surface area contributed by atoms with Gasteiger partial charge in [0.25, 0.3) is 5.91 Å². The standard InChI is InChI=1S/C31H34N2O3S/c1-22-11-9-10-16-26(22)33-30(34)29(37-31(33)32-25-14-7-4-8-15-25)20-24-17-18-27(28(19-24)35-2)36-21-23-12-5-3-6-13-23/h3-8,12-15,17-20,22,26,31-32H,9-11,16,21H2,1-2H3/b29-20-/t22-,26-,31?/m0/s1. The Labute approximate surface area is 223 Å². The molecule has 6 heteroatoms. The second kappa shape index (κ2) is 11.8. The maximum absolute atomic E-state index is 13.8. The van der Waals surface area contributed by atoms with Crippen LogP contribution in [0.4, 0.5) is 5.69 Å². The first-order chi connectivity index (χ1) is 18.1. The zero-order valence-electron chi connectivity index (χ0n) is 21.4. The number of hydrogen-bond donors (Lipinski definition) is 1. The highest BCUT2D eigenvalue weighted by Crippen LogP contribution is 2.42. The van der Waals surface area contributed by atoms with Crippen LogP contribution in [0.3, 0.4) is 0 Å². The lowest BCUT2D eigenvalue weighted by atomic mass is 9.85. The number of carbonyl (C=O) groups excluding carboxylic acids is 1. The number of methoxy groups -OCH3 is 1. The fraction of sp³-hybridized carbons (Fsp3) is 0.323. The molecule has 3 aromatic rings. The van der Waals surface area contributed by atoms with E-state index in [4.69, 9.17) is 9.47 Å². The summed E-state index contributed by atoms with van der Waals surface area (Å²) in [6, 6.07) is 26.3. The smallest absolute Gasteiger partial charge is 0.262 e. The van der Waals surface area contributed by atoms with Gasteiger partial charge < -0.3 is 19.7 Å². The molecule has 37 heavy (non-hydrogen) atoms. The zero-order chi connectivity index (χ0) is 25.6. The molecule has 5 nitrogen and oxygen atoms in total. The molecule has 1 aliphatic carbocycles. The average molecular weight is 515 g/mol. The molecule has 1 heterocycles. The third-order valence-corrected chi connectivity index (χ3v) is 8.26. The molecule has 2 fully saturated rings. The molecule has 1 aliphatic heterocycles. The van der Waals surface area contributed by atoms with Crippen molar-refractivity contribution in [2.24, 2.45) is 5.92 Å². The molecule has 1 saturated carbocycles. The van der Waals surface area contributed by atoms with Gasteiger partial charge in [-0.15, -0.1) is 0 Å². The molecule has 2 aliphatic rings. The maximum atomic E-state index is 13.8. The Morgan fingerprint density at radius 3 is 2.43 bits per heavy atom. The predicted octanol–water partition coefficient (Wildman–Crippen LogP) is 7.16. The number of rotatable bonds is 8. The molecule has 192 valence electrons. The Hall–Kier alpha value is -3.38. The van der Waals surface area contributed by atoms with Gasteiger partial charge in [-0.2, -0.15) is 0 Å². The molecular formula is C31H34N2O3S. The van der Waals surface area contributed by atoms with Crippen LogP contribution in [-0.4, -0.2) is 29.5 Å². The fourth-order valence-corrected chi connectivity index (χ4v) is 6.36. The lowest BCUT2D eigenvalue weighted by Crippen LogP contribution is -2.48. The molecular weight excluding hydrogens is 480 g/mol. The summed E-state index contributed by atoms with van der Waals surface area (Å²) >= 11 is 1.59. The van der Waals surface area contributed by atoms with Crippen molar-refractivity contribution >= 4 is 29.4 Å². The van der Waals surface area contributed by atoms with Crippen molar-refractivity contribution in [3.63, 3.8) is 0 Å². The maximum Gasteiger partial charge on any atom is 0.262 e. The Balaban J connectivity index is 1.38. The Bertz CT molecular complexity index is 1230. The summed E-state index contributed by atoms with van der Waals surface area (Å²) in [7, 11) is 1.64. The summed E-state index contributed by atoms with van der Waals surface area (Å²) in [5, 5.41) is 3.60. The number of para-hydroxylation sites is 1. The summed E-state index contributed by atoms with van der Waals surface area (Å²) in [6.07, 6.45) is 6.60. The summed E-state index contributed by atoms with van der Waals surface area (Å²) in [5.74, 6) is 1.91. The van der Waals surface area contributed by atoms with Gasteiger partial charge in [0.2, 0.25) is 0 Å². The topological polar surface area (TPSA) is 50.8 Å². The second-order valence-electron chi connectivity index (χ2n) is 9.72. The highest BCUT2D eigenvalue weighted by Gasteiger charge is 2.42. The highest BCUT2D eigenvalue weighted by atomic mass is 32.2. The van der Waals surface area contributed by atoms with Crippen LogP contribution in [0.15, 0.2) is 83.8 Å². The number of ether oxygens (including phenoxy) is 2. The molecule has 0 aromatic heterocycles. The van der Waals surface area contributed by atoms with E-state index < -0.39 is 0 Å². The summed E-state index contributed by atoms with van der Waals surface area (Å²) < 4.78 is 11.6. The van der Waals surface area contributed by atoms with Crippen LogP contribution in [0.5, 0.6) is 11.5 Å². The van der Waals surface area contributed by atoms with Crippen LogP contribution in [-0.2, 0) is 11.4 Å². The quantitative estimate of drug-likeness (QED) is 0.323. The van der Waals surface area contributed by atoms with Gasteiger partial charge in [-0.1, -0.05) is 86.1 Å². The lowest BCUT2D eigenvalue weighted by molar-refractivity contribution is -0.129. The van der Waals surface area contributed by atoms with Gasteiger partial charge in [0, 0.05) is 11.7 Å². The Morgan fingerprint density at radius 2 is 1.70 bits per heavy atom. The molecule has 3 atom stereocenters. The van der Waals surface area contributed by atoms with Gasteiger partial charge in [0.1, 0.15) is 6.61 Å². The number of amides is 1. The molecule has 1 unspecified atom stereocenters. The van der Waals surface area contributed by atoms with E-state index in [-0.39, 0.29) is 17.4 Å². The largest absolute Gasteiger partial charge is 0.493 e. The number of benzene rings is 3. The van der Waals surface area contributed by atoms with Crippen molar-refractivity contribution in [1.82, 2.24) is 4.90 Å². The predicted molar refractivity (Wildman–Crippen MR) is 151 cm³/mol. The third kappa shape index (κ3) is 5.96. The van der Waals surface area contributed by atoms with Crippen LogP contribution in [0.25, 0.3) is 6.08 Å². The molecule has 0 radical (unpaired) electrons. The minimum Gasteiger partial charge on any atom is -0.493 e. The van der Waals surface area contributed by atoms with E-state index in [9.17, 15) is 4.79 Å². The second-order valence-corrected chi connectivity index (χ2v) is 10.8. The molecule has 5 rings (SSSR count). The van der Waals surface area contributed by atoms with Gasteiger partial charge in [-0.05, 0) is 60.2 Å². The number of nitrogens with one attached hydrogen (secondary N) is 1. The summed E-state index contributed by atoms with van der Waals surface area (Å²) in [5.41, 5.74) is 2.89. The van der Waals surface area contributed by atoms with Gasteiger partial charge in [0.05, 0.1) is 12.0 Å². The van der Waals surface area contributed by atoms with E-state index in [1.54, 1.807) is 18.9 Å². The number of thioether (sulfide) groups is 1. The number of carbonyl (C=O) groups is 1. The van der Waals surface area contributed by atoms with Gasteiger partial charge in [0.15, 0.2) is 17.0 Å². The summed E-state index contributed by atoms with van der Waals surface area (Å²) in [4.78, 5) is 16.6. The minimum atomic E-state index is -0.137. The monoisotopic (exact) mass is 514 g/mol. The van der Waals surface area contributed by atoms with Crippen molar-refractivity contribution in [2.75, 3.05) is 12.4 Å². The van der Waals surface area contributed by atoms with Crippen LogP contribution >= 0.6 is 11.8 Å². The first-order valence-electron chi connectivity index (χ1n) is 13.0. The van der Waals surface area contributed by atoms with Crippen LogP contribution in [0.2, 0.25) is 0 Å². The number of nitrogens with zero attached hydrogens (tertiary/aromatic N) is 1. The van der Waals surface area contributed by atoms with Gasteiger partial charge in [-0.25, -0.2) is 0 Å². The third-order valence-electron chi connectivity index (χ3n) is 7.15. The van der Waals surface area contributed by atoms with Crippen molar-refractivity contribution in [3.05, 3.63) is 94.9 Å². The Kier molecular flexibility index (Phi) is 8.05. The number of hydrogen-bond acceptors (Lipinski definition) is 5. The minimum absolute atomic E-state index is 0.0977. The normalized spacial score (nSPS) is 22.8. The van der Waals surface area contributed by atoms with Crippen LogP contribution in [0, 0.1) is 5.92 Å². The average Bonchev–Trinajstić information content (AvgIpc) is 3.23. The van der Waals surface area contributed by atoms with Crippen molar-refractivity contribution in [1.29, 1.82) is 0 Å². The van der Waals surface area contributed by atoms with Gasteiger partial charge in [-0.3, -0.25) is 4.79 Å². The fourth-order valence-electron chi connectivity index (χ4n) is 5.15. The van der Waals surface area contributed by atoms with E-state index in [2.05, 4.69) is 17.1 Å². The Morgan fingerprint density at radius 1 is 0.973 bits per heavy atom. The van der Waals surface area contributed by atoms with Crippen LogP contribution in [0.1, 0.15) is 43.7 Å². The van der Waals surface area contributed by atoms with Crippen molar-refractivity contribution in [2.45, 2.75) is 50.8 Å². The SMILES string of the molecule is COc1cc(/C=C2\SC(Nc3ccccc3)N([C@H]3CCCC[C@@H]3C)C2=O)ccc1OCc1ccccc1. The van der Waals surface area contributed by atoms with E-state index in [0.29, 0.717) is 24.0 Å². The first kappa shape index (κ1) is 25.3. The van der Waals surface area contributed by atoms with E-state index in [1.807, 2.05) is 84.9 Å². The van der Waals surface area contributed by atoms with E-state index in [0.717, 1.165) is 34.6 Å². The van der Waals surface area contributed by atoms with Crippen molar-refractivity contribution in [3.8, 4) is 11.5 Å². The number of anilines is 1. The highest BCUT2D eigenvalue weighted by molar-refractivity contribution is 8.05. The van der Waals surface area contributed by atoms with Crippen molar-refractivity contribution < 1.29 is 14.3 Å². The van der Waals surface area contributed by atoms with E-state index in [1.165, 1.54) is 12.8 Å². The molecule has 1 saturated heterocycles. The van der Waals surface area contributed by atoms with Crippen LogP contribution < -0.4 is 14.8 Å². The molecule has 0 spiro atoms. The van der Waals surface area contributed by atoms with Gasteiger partial charge >= 0.3 is 0 Å². The molecule has 0 bridgehead atoms. The first-order valence-corrected chi connectivity index (χ1v) is 13.9. The van der Waals surface area contributed by atoms with E-state index >= 15 is 0 Å². The summed E-state index contributed by atoms with van der Waals surface area (Å²) in [6.45, 7) is 2.75. The molecule has 1 N–H and O–H groups in total. The lowest BCUT2D eigenvalue weighted by Gasteiger charge is -2.39. The molecule has 1 amide bonds. The zero-order valence-corrected chi connectivity index (χ0v) is 22.2.